The topological polar surface area (TPSA) is 72.5 Å². The van der Waals surface area contributed by atoms with Crippen LogP contribution in [0.25, 0.3) is 0 Å². The molecular weight excluding hydrogens is 334 g/mol. The first-order valence-corrected chi connectivity index (χ1v) is 9.75. The van der Waals surface area contributed by atoms with E-state index in [1.165, 1.54) is 6.07 Å². The number of rotatable bonds is 8. The maximum Gasteiger partial charge on any atom is 0.262 e. The van der Waals surface area contributed by atoms with Gasteiger partial charge in [-0.3, -0.25) is 4.79 Å². The lowest BCUT2D eigenvalue weighted by Gasteiger charge is -2.07. The fourth-order valence-corrected chi connectivity index (χ4v) is 4.14. The minimum absolute atomic E-state index is 0.00694. The Balaban J connectivity index is 2.43. The molecule has 5 nitrogen and oxygen atoms in total. The molecule has 0 unspecified atom stereocenters. The predicted octanol–water partition coefficient (Wildman–Crippen LogP) is 2.78. The summed E-state index contributed by atoms with van der Waals surface area (Å²) in [7, 11) is 1.49. The Labute approximate surface area is 134 Å². The van der Waals surface area contributed by atoms with Gasteiger partial charge in [0.25, 0.3) is 15.0 Å². The van der Waals surface area contributed by atoms with Crippen molar-refractivity contribution in [2.24, 2.45) is 5.92 Å². The fourth-order valence-electron chi connectivity index (χ4n) is 1.56. The lowest BCUT2D eigenvalue weighted by molar-refractivity contribution is 0.0909. The number of nitrogens with one attached hydrogen (secondary N) is 1. The second-order valence-corrected chi connectivity index (χ2v) is 8.81. The molecule has 0 saturated carbocycles. The number of halogens is 1. The van der Waals surface area contributed by atoms with Crippen LogP contribution in [-0.4, -0.2) is 34.1 Å². The van der Waals surface area contributed by atoms with Gasteiger partial charge in [-0.05, 0) is 25.3 Å². The summed E-state index contributed by atoms with van der Waals surface area (Å²) in [5.41, 5.74) is 0. The van der Waals surface area contributed by atoms with Crippen LogP contribution in [0, 0.1) is 12.8 Å². The molecule has 1 heterocycles. The van der Waals surface area contributed by atoms with Gasteiger partial charge in [-0.2, -0.15) is 0 Å². The molecule has 8 heteroatoms. The molecule has 0 aliphatic carbocycles. The molecule has 1 amide bonds. The Morgan fingerprint density at radius 1 is 1.43 bits per heavy atom. The van der Waals surface area contributed by atoms with Crippen LogP contribution in [0.15, 0.2) is 11.0 Å². The van der Waals surface area contributed by atoms with E-state index in [4.69, 9.17) is 15.4 Å². The van der Waals surface area contributed by atoms with Crippen molar-refractivity contribution in [2.45, 2.75) is 32.1 Å². The zero-order chi connectivity index (χ0) is 16.0. The summed E-state index contributed by atoms with van der Waals surface area (Å²) in [6, 6.07) is 1.30. The lowest BCUT2D eigenvalue weighted by Crippen LogP contribution is -2.26. The van der Waals surface area contributed by atoms with Crippen molar-refractivity contribution in [1.29, 1.82) is 0 Å². The van der Waals surface area contributed by atoms with Crippen molar-refractivity contribution >= 4 is 37.0 Å². The van der Waals surface area contributed by atoms with Crippen LogP contribution in [0.3, 0.4) is 0 Å². The molecular formula is C13H20ClNO4S2. The Bertz CT molecular complexity index is 581. The van der Waals surface area contributed by atoms with Crippen molar-refractivity contribution in [1.82, 2.24) is 5.32 Å². The highest BCUT2D eigenvalue weighted by molar-refractivity contribution is 8.13. The molecule has 0 aromatic carbocycles. The van der Waals surface area contributed by atoms with E-state index >= 15 is 0 Å². The SMILES string of the molecule is Cc1sc(C(=O)NCCOCCC(C)C)cc1S(=O)(=O)Cl. The smallest absolute Gasteiger partial charge is 0.262 e. The molecule has 1 aromatic rings. The number of carbonyl (C=O) groups is 1. The summed E-state index contributed by atoms with van der Waals surface area (Å²) in [4.78, 5) is 12.7. The highest BCUT2D eigenvalue weighted by Gasteiger charge is 2.20. The average molecular weight is 354 g/mol. The Kier molecular flexibility index (Phi) is 7.12. The monoisotopic (exact) mass is 353 g/mol. The molecule has 0 aliphatic rings. The summed E-state index contributed by atoms with van der Waals surface area (Å²) in [6.45, 7) is 7.34. The highest BCUT2D eigenvalue weighted by atomic mass is 35.7. The number of aryl methyl sites for hydroxylation is 1. The van der Waals surface area contributed by atoms with E-state index in [2.05, 4.69) is 19.2 Å². The first kappa shape index (κ1) is 18.4. The summed E-state index contributed by atoms with van der Waals surface area (Å²) < 4.78 is 28.0. The quantitative estimate of drug-likeness (QED) is 0.576. The summed E-state index contributed by atoms with van der Waals surface area (Å²) in [5, 5.41) is 2.69. The highest BCUT2D eigenvalue weighted by Crippen LogP contribution is 2.28. The third kappa shape index (κ3) is 6.34. The third-order valence-corrected chi connectivity index (χ3v) is 5.36. The van der Waals surface area contributed by atoms with Gasteiger partial charge in [-0.15, -0.1) is 11.3 Å². The van der Waals surface area contributed by atoms with Gasteiger partial charge in [-0.25, -0.2) is 8.42 Å². The van der Waals surface area contributed by atoms with Crippen LogP contribution in [0.2, 0.25) is 0 Å². The molecule has 0 aliphatic heterocycles. The van der Waals surface area contributed by atoms with E-state index in [0.29, 0.717) is 35.4 Å². The standard InChI is InChI=1S/C13H20ClNO4S2/c1-9(2)4-6-19-7-5-15-13(16)11-8-12(10(3)20-11)21(14,17)18/h8-9H,4-7H2,1-3H3,(H,15,16). The Morgan fingerprint density at radius 2 is 2.10 bits per heavy atom. The number of thiophene rings is 1. The van der Waals surface area contributed by atoms with E-state index in [1.807, 2.05) is 0 Å². The largest absolute Gasteiger partial charge is 0.380 e. The molecule has 1 rings (SSSR count). The van der Waals surface area contributed by atoms with Crippen molar-refractivity contribution in [3.8, 4) is 0 Å². The third-order valence-electron chi connectivity index (χ3n) is 2.73. The minimum atomic E-state index is -3.81. The van der Waals surface area contributed by atoms with Gasteiger partial charge < -0.3 is 10.1 Å². The second-order valence-electron chi connectivity index (χ2n) is 5.02. The van der Waals surface area contributed by atoms with Crippen LogP contribution in [0.4, 0.5) is 0 Å². The molecule has 0 atom stereocenters. The van der Waals surface area contributed by atoms with Gasteiger partial charge in [0, 0.05) is 28.7 Å². The number of carbonyl (C=O) groups excluding carboxylic acids is 1. The summed E-state index contributed by atoms with van der Waals surface area (Å²) >= 11 is 1.11. The molecule has 0 bridgehead atoms. The van der Waals surface area contributed by atoms with E-state index in [1.54, 1.807) is 6.92 Å². The van der Waals surface area contributed by atoms with Gasteiger partial charge >= 0.3 is 0 Å². The number of hydrogen-bond acceptors (Lipinski definition) is 5. The average Bonchev–Trinajstić information content (AvgIpc) is 2.75. The fraction of sp³-hybridized carbons (Fsp3) is 0.615. The van der Waals surface area contributed by atoms with Gasteiger partial charge in [0.15, 0.2) is 0 Å². The summed E-state index contributed by atoms with van der Waals surface area (Å²) in [5.74, 6) is 0.270. The van der Waals surface area contributed by atoms with Crippen molar-refractivity contribution < 1.29 is 17.9 Å². The van der Waals surface area contributed by atoms with Gasteiger partial charge in [0.05, 0.1) is 16.4 Å². The lowest BCUT2D eigenvalue weighted by atomic mass is 10.1. The first-order valence-electron chi connectivity index (χ1n) is 6.63. The Hall–Kier alpha value is -0.630. The number of amides is 1. The molecule has 0 fully saturated rings. The molecule has 1 N–H and O–H groups in total. The first-order chi connectivity index (χ1) is 9.71. The van der Waals surface area contributed by atoms with Crippen molar-refractivity contribution in [2.75, 3.05) is 19.8 Å². The van der Waals surface area contributed by atoms with E-state index in [0.717, 1.165) is 17.8 Å². The van der Waals surface area contributed by atoms with Crippen LogP contribution >= 0.6 is 22.0 Å². The maximum absolute atomic E-state index is 11.9. The molecule has 0 saturated heterocycles. The molecule has 21 heavy (non-hydrogen) atoms. The molecule has 1 aromatic heterocycles. The van der Waals surface area contributed by atoms with Crippen LogP contribution < -0.4 is 5.32 Å². The normalized spacial score (nSPS) is 11.9. The predicted molar refractivity (Wildman–Crippen MR) is 84.7 cm³/mol. The van der Waals surface area contributed by atoms with Gasteiger partial charge in [-0.1, -0.05) is 13.8 Å². The van der Waals surface area contributed by atoms with E-state index < -0.39 is 9.05 Å². The molecule has 120 valence electrons. The van der Waals surface area contributed by atoms with Crippen molar-refractivity contribution in [3.63, 3.8) is 0 Å². The van der Waals surface area contributed by atoms with Crippen LogP contribution in [0.1, 0.15) is 34.8 Å². The Morgan fingerprint density at radius 3 is 2.62 bits per heavy atom. The second kappa shape index (κ2) is 8.12. The van der Waals surface area contributed by atoms with Crippen LogP contribution in [-0.2, 0) is 13.8 Å². The van der Waals surface area contributed by atoms with Crippen molar-refractivity contribution in [3.05, 3.63) is 15.8 Å². The van der Waals surface area contributed by atoms with Gasteiger partial charge in [0.2, 0.25) is 0 Å². The van der Waals surface area contributed by atoms with E-state index in [9.17, 15) is 13.2 Å². The summed E-state index contributed by atoms with van der Waals surface area (Å²) in [6.07, 6.45) is 0.981. The van der Waals surface area contributed by atoms with E-state index in [-0.39, 0.29) is 10.8 Å². The van der Waals surface area contributed by atoms with Gasteiger partial charge in [0.1, 0.15) is 0 Å². The minimum Gasteiger partial charge on any atom is -0.380 e. The molecule has 0 spiro atoms. The maximum atomic E-state index is 11.9. The number of ether oxygens (including phenoxy) is 1. The zero-order valence-electron chi connectivity index (χ0n) is 12.3. The van der Waals surface area contributed by atoms with Crippen LogP contribution in [0.5, 0.6) is 0 Å². The number of hydrogen-bond donors (Lipinski definition) is 1. The zero-order valence-corrected chi connectivity index (χ0v) is 14.7. The molecule has 0 radical (unpaired) electrons.